The lowest BCUT2D eigenvalue weighted by molar-refractivity contribution is 0.457. The maximum absolute atomic E-state index is 8.64. The topological polar surface area (TPSA) is 49.8 Å². The molecular formula is C12H17ClN2. The number of hydrogen-bond acceptors (Lipinski definition) is 2. The molecule has 2 N–H and O–H groups in total. The van der Waals surface area contributed by atoms with Gasteiger partial charge in [-0.3, -0.25) is 0 Å². The van der Waals surface area contributed by atoms with Crippen molar-refractivity contribution in [2.45, 2.75) is 26.3 Å². The van der Waals surface area contributed by atoms with Crippen LogP contribution in [-0.2, 0) is 0 Å². The van der Waals surface area contributed by atoms with Gasteiger partial charge in [0.2, 0.25) is 0 Å². The Morgan fingerprint density at radius 2 is 1.87 bits per heavy atom. The lowest BCUT2D eigenvalue weighted by atomic mass is 9.93. The summed E-state index contributed by atoms with van der Waals surface area (Å²) in [6.07, 6.45) is 1.07. The quantitative estimate of drug-likeness (QED) is 0.858. The van der Waals surface area contributed by atoms with Crippen LogP contribution in [-0.4, -0.2) is 0 Å². The summed E-state index contributed by atoms with van der Waals surface area (Å²) >= 11 is 0. The molecule has 0 saturated carbocycles. The van der Waals surface area contributed by atoms with Gasteiger partial charge in [0.05, 0.1) is 11.6 Å². The zero-order valence-electron chi connectivity index (χ0n) is 9.10. The second kappa shape index (κ2) is 6.44. The van der Waals surface area contributed by atoms with E-state index in [0.717, 1.165) is 12.0 Å². The first-order valence-electron chi connectivity index (χ1n) is 4.94. The fourth-order valence-corrected chi connectivity index (χ4v) is 1.36. The minimum absolute atomic E-state index is 0. The van der Waals surface area contributed by atoms with Crippen LogP contribution < -0.4 is 5.73 Å². The highest BCUT2D eigenvalue weighted by molar-refractivity contribution is 5.85. The standard InChI is InChI=1S/C12H16N2.ClH/c1-3-9(2)12(14)11-6-4-10(8-13)5-7-11;/h4-7,9,12H,3,14H2,1-2H3;1H/t9?,12-;/m0./s1. The minimum Gasteiger partial charge on any atom is -0.324 e. The predicted molar refractivity (Wildman–Crippen MR) is 64.8 cm³/mol. The van der Waals surface area contributed by atoms with Crippen LogP contribution in [0.15, 0.2) is 24.3 Å². The zero-order valence-corrected chi connectivity index (χ0v) is 9.92. The predicted octanol–water partition coefficient (Wildman–Crippen LogP) is 3.03. The van der Waals surface area contributed by atoms with Crippen LogP contribution in [0, 0.1) is 17.2 Å². The normalized spacial score (nSPS) is 13.5. The summed E-state index contributed by atoms with van der Waals surface area (Å²) in [7, 11) is 0. The molecule has 0 aliphatic carbocycles. The number of nitriles is 1. The van der Waals surface area contributed by atoms with E-state index in [-0.39, 0.29) is 18.4 Å². The summed E-state index contributed by atoms with van der Waals surface area (Å²) in [5, 5.41) is 8.64. The van der Waals surface area contributed by atoms with Gasteiger partial charge in [0, 0.05) is 6.04 Å². The molecule has 15 heavy (non-hydrogen) atoms. The Hall–Kier alpha value is -1.04. The average molecular weight is 225 g/mol. The van der Waals surface area contributed by atoms with Crippen molar-refractivity contribution < 1.29 is 0 Å². The summed E-state index contributed by atoms with van der Waals surface area (Å²) in [4.78, 5) is 0. The van der Waals surface area contributed by atoms with Gasteiger partial charge in [0.1, 0.15) is 0 Å². The number of halogens is 1. The third-order valence-electron chi connectivity index (χ3n) is 2.68. The number of rotatable bonds is 3. The number of nitrogens with zero attached hydrogens (tertiary/aromatic N) is 1. The molecule has 0 bridgehead atoms. The van der Waals surface area contributed by atoms with Crippen LogP contribution in [0.25, 0.3) is 0 Å². The second-order valence-electron chi connectivity index (χ2n) is 3.65. The number of benzene rings is 1. The fraction of sp³-hybridized carbons (Fsp3) is 0.417. The fourth-order valence-electron chi connectivity index (χ4n) is 1.36. The van der Waals surface area contributed by atoms with Crippen LogP contribution >= 0.6 is 12.4 Å². The van der Waals surface area contributed by atoms with Gasteiger partial charge in [-0.15, -0.1) is 12.4 Å². The Morgan fingerprint density at radius 3 is 2.27 bits per heavy atom. The molecule has 0 amide bonds. The number of hydrogen-bond donors (Lipinski definition) is 1. The van der Waals surface area contributed by atoms with Crippen molar-refractivity contribution in [2.24, 2.45) is 11.7 Å². The molecule has 1 aromatic rings. The van der Waals surface area contributed by atoms with E-state index in [1.54, 1.807) is 0 Å². The Bertz CT molecular complexity index is 326. The van der Waals surface area contributed by atoms with Crippen LogP contribution in [0.1, 0.15) is 37.4 Å². The molecule has 2 nitrogen and oxygen atoms in total. The lowest BCUT2D eigenvalue weighted by Crippen LogP contribution is -2.18. The van der Waals surface area contributed by atoms with Crippen molar-refractivity contribution in [3.05, 3.63) is 35.4 Å². The smallest absolute Gasteiger partial charge is 0.0991 e. The molecule has 1 rings (SSSR count). The first kappa shape index (κ1) is 14.0. The van der Waals surface area contributed by atoms with Crippen molar-refractivity contribution in [3.63, 3.8) is 0 Å². The zero-order chi connectivity index (χ0) is 10.6. The minimum atomic E-state index is 0. The van der Waals surface area contributed by atoms with Gasteiger partial charge in [0.15, 0.2) is 0 Å². The Labute approximate surface area is 97.5 Å². The SMILES string of the molecule is CCC(C)[C@H](N)c1ccc(C#N)cc1.Cl. The molecule has 0 fully saturated rings. The van der Waals surface area contributed by atoms with Gasteiger partial charge in [-0.05, 0) is 23.6 Å². The van der Waals surface area contributed by atoms with Crippen molar-refractivity contribution in [3.8, 4) is 6.07 Å². The Morgan fingerprint density at radius 1 is 1.33 bits per heavy atom. The average Bonchev–Trinajstić information content (AvgIpc) is 2.27. The van der Waals surface area contributed by atoms with E-state index in [1.165, 1.54) is 0 Å². The largest absolute Gasteiger partial charge is 0.324 e. The van der Waals surface area contributed by atoms with Crippen molar-refractivity contribution in [1.29, 1.82) is 5.26 Å². The van der Waals surface area contributed by atoms with Crippen LogP contribution in [0.2, 0.25) is 0 Å². The molecule has 0 aliphatic rings. The second-order valence-corrected chi connectivity index (χ2v) is 3.65. The molecule has 0 aliphatic heterocycles. The molecule has 1 aromatic carbocycles. The van der Waals surface area contributed by atoms with E-state index in [0.29, 0.717) is 11.5 Å². The van der Waals surface area contributed by atoms with Gasteiger partial charge in [-0.1, -0.05) is 32.4 Å². The molecule has 0 saturated heterocycles. The van der Waals surface area contributed by atoms with Crippen LogP contribution in [0.4, 0.5) is 0 Å². The molecule has 2 atom stereocenters. The third-order valence-corrected chi connectivity index (χ3v) is 2.68. The summed E-state index contributed by atoms with van der Waals surface area (Å²) in [6, 6.07) is 9.69. The van der Waals surface area contributed by atoms with E-state index in [1.807, 2.05) is 24.3 Å². The highest BCUT2D eigenvalue weighted by atomic mass is 35.5. The molecule has 82 valence electrons. The molecule has 0 aromatic heterocycles. The highest BCUT2D eigenvalue weighted by Crippen LogP contribution is 2.21. The van der Waals surface area contributed by atoms with Crippen molar-refractivity contribution in [2.75, 3.05) is 0 Å². The Balaban J connectivity index is 0.00000196. The summed E-state index contributed by atoms with van der Waals surface area (Å²) < 4.78 is 0. The summed E-state index contributed by atoms with van der Waals surface area (Å²) in [5.74, 6) is 0.475. The van der Waals surface area contributed by atoms with Crippen molar-refractivity contribution >= 4 is 12.4 Å². The molecular weight excluding hydrogens is 208 g/mol. The van der Waals surface area contributed by atoms with E-state index >= 15 is 0 Å². The van der Waals surface area contributed by atoms with Gasteiger partial charge in [0.25, 0.3) is 0 Å². The van der Waals surface area contributed by atoms with E-state index < -0.39 is 0 Å². The summed E-state index contributed by atoms with van der Waals surface area (Å²) in [6.45, 7) is 4.27. The lowest BCUT2D eigenvalue weighted by Gasteiger charge is -2.18. The van der Waals surface area contributed by atoms with Gasteiger partial charge in [-0.25, -0.2) is 0 Å². The van der Waals surface area contributed by atoms with Crippen LogP contribution in [0.5, 0.6) is 0 Å². The molecule has 0 heterocycles. The van der Waals surface area contributed by atoms with Gasteiger partial charge < -0.3 is 5.73 Å². The van der Waals surface area contributed by atoms with E-state index in [9.17, 15) is 0 Å². The molecule has 0 radical (unpaired) electrons. The Kier molecular flexibility index (Phi) is 6.00. The van der Waals surface area contributed by atoms with Gasteiger partial charge >= 0.3 is 0 Å². The monoisotopic (exact) mass is 224 g/mol. The van der Waals surface area contributed by atoms with Gasteiger partial charge in [-0.2, -0.15) is 5.26 Å². The molecule has 1 unspecified atom stereocenters. The van der Waals surface area contributed by atoms with Crippen molar-refractivity contribution in [1.82, 2.24) is 0 Å². The maximum Gasteiger partial charge on any atom is 0.0991 e. The maximum atomic E-state index is 8.64. The third kappa shape index (κ3) is 3.54. The van der Waals surface area contributed by atoms with E-state index in [4.69, 9.17) is 11.0 Å². The molecule has 0 spiro atoms. The molecule has 3 heteroatoms. The summed E-state index contributed by atoms with van der Waals surface area (Å²) in [5.41, 5.74) is 7.85. The highest BCUT2D eigenvalue weighted by Gasteiger charge is 2.12. The first-order valence-corrected chi connectivity index (χ1v) is 4.94. The first-order chi connectivity index (χ1) is 6.69. The van der Waals surface area contributed by atoms with E-state index in [2.05, 4.69) is 19.9 Å². The van der Waals surface area contributed by atoms with Crippen LogP contribution in [0.3, 0.4) is 0 Å². The number of nitrogens with two attached hydrogens (primary N) is 1.